The average Bonchev–Trinajstić information content (AvgIpc) is 2.75. The summed E-state index contributed by atoms with van der Waals surface area (Å²) in [4.78, 5) is 4.39. The molecule has 104 valence electrons. The maximum atomic E-state index is 6.10. The Morgan fingerprint density at radius 1 is 1.33 bits per heavy atom. The summed E-state index contributed by atoms with van der Waals surface area (Å²) in [5.74, 6) is 1.09. The van der Waals surface area contributed by atoms with Crippen molar-refractivity contribution < 1.29 is 9.26 Å². The molecule has 0 bridgehead atoms. The second-order valence-electron chi connectivity index (χ2n) is 5.57. The Hall–Kier alpha value is -0.940. The molecule has 18 heavy (non-hydrogen) atoms. The van der Waals surface area contributed by atoms with Gasteiger partial charge >= 0.3 is 0 Å². The first-order valence-electron chi connectivity index (χ1n) is 6.60. The van der Waals surface area contributed by atoms with Crippen LogP contribution in [0.3, 0.4) is 0 Å². The van der Waals surface area contributed by atoms with Crippen LogP contribution in [-0.2, 0) is 4.74 Å². The van der Waals surface area contributed by atoms with Gasteiger partial charge in [-0.2, -0.15) is 4.98 Å². The highest BCUT2D eigenvalue weighted by Gasteiger charge is 2.29. The molecular weight excluding hydrogens is 230 g/mol. The molecule has 2 atom stereocenters. The van der Waals surface area contributed by atoms with Crippen LogP contribution in [0.1, 0.15) is 71.3 Å². The molecule has 0 aromatic carbocycles. The molecule has 0 radical (unpaired) electrons. The van der Waals surface area contributed by atoms with Crippen molar-refractivity contribution in [2.45, 2.75) is 59.6 Å². The van der Waals surface area contributed by atoms with Crippen molar-refractivity contribution in [3.05, 3.63) is 11.7 Å². The highest BCUT2D eigenvalue weighted by molar-refractivity contribution is 4.98. The zero-order valence-corrected chi connectivity index (χ0v) is 12.1. The number of aromatic nitrogens is 2. The van der Waals surface area contributed by atoms with Crippen LogP contribution in [0.15, 0.2) is 4.52 Å². The minimum atomic E-state index is -0.261. The van der Waals surface area contributed by atoms with Crippen LogP contribution >= 0.6 is 0 Å². The van der Waals surface area contributed by atoms with Crippen molar-refractivity contribution in [3.8, 4) is 0 Å². The lowest BCUT2D eigenvalue weighted by atomic mass is 9.87. The Kier molecular flexibility index (Phi) is 5.28. The van der Waals surface area contributed by atoms with Crippen LogP contribution in [0, 0.1) is 5.41 Å². The van der Waals surface area contributed by atoms with Crippen LogP contribution < -0.4 is 5.73 Å². The molecule has 0 fully saturated rings. The summed E-state index contributed by atoms with van der Waals surface area (Å²) in [6, 6.07) is -0.261. The Morgan fingerprint density at radius 2 is 2.00 bits per heavy atom. The van der Waals surface area contributed by atoms with E-state index in [0.717, 1.165) is 12.8 Å². The molecule has 1 rings (SSSR count). The summed E-state index contributed by atoms with van der Waals surface area (Å²) >= 11 is 0. The minimum Gasteiger partial charge on any atom is -0.370 e. The molecule has 5 heteroatoms. The Labute approximate surface area is 109 Å². The largest absolute Gasteiger partial charge is 0.370 e. The molecule has 2 unspecified atom stereocenters. The molecule has 1 aromatic rings. The number of hydrogen-bond acceptors (Lipinski definition) is 5. The molecule has 1 aromatic heterocycles. The third-order valence-corrected chi connectivity index (χ3v) is 2.86. The van der Waals surface area contributed by atoms with Gasteiger partial charge in [0.05, 0.1) is 6.04 Å². The molecule has 0 aliphatic heterocycles. The van der Waals surface area contributed by atoms with Crippen LogP contribution in [0.4, 0.5) is 0 Å². The summed E-state index contributed by atoms with van der Waals surface area (Å²) in [6.07, 6.45) is 1.81. The van der Waals surface area contributed by atoms with Crippen molar-refractivity contribution in [2.75, 3.05) is 6.61 Å². The van der Waals surface area contributed by atoms with Gasteiger partial charge in [-0.3, -0.25) is 0 Å². The normalized spacial score (nSPS) is 15.7. The smallest absolute Gasteiger partial charge is 0.244 e. The number of nitrogens with two attached hydrogens (primary N) is 1. The van der Waals surface area contributed by atoms with E-state index in [9.17, 15) is 0 Å². The lowest BCUT2D eigenvalue weighted by molar-refractivity contribution is 0.0477. The van der Waals surface area contributed by atoms with Gasteiger partial charge in [0, 0.05) is 6.61 Å². The maximum absolute atomic E-state index is 6.10. The SMILES string of the molecule is CCCC(OCC)c1noc(C(N)C(C)(C)C)n1. The van der Waals surface area contributed by atoms with Crippen molar-refractivity contribution in [1.82, 2.24) is 10.1 Å². The summed E-state index contributed by atoms with van der Waals surface area (Å²) < 4.78 is 10.9. The van der Waals surface area contributed by atoms with E-state index in [1.165, 1.54) is 0 Å². The molecular formula is C13H25N3O2. The van der Waals surface area contributed by atoms with Crippen molar-refractivity contribution in [1.29, 1.82) is 0 Å². The van der Waals surface area contributed by atoms with Gasteiger partial charge < -0.3 is 15.0 Å². The number of ether oxygens (including phenoxy) is 1. The third kappa shape index (κ3) is 3.78. The van der Waals surface area contributed by atoms with Crippen LogP contribution in [0.5, 0.6) is 0 Å². The lowest BCUT2D eigenvalue weighted by Crippen LogP contribution is -2.26. The third-order valence-electron chi connectivity index (χ3n) is 2.86. The van der Waals surface area contributed by atoms with E-state index >= 15 is 0 Å². The summed E-state index contributed by atoms with van der Waals surface area (Å²) in [6.45, 7) is 10.9. The van der Waals surface area contributed by atoms with E-state index in [4.69, 9.17) is 15.0 Å². The Balaban J connectivity index is 2.83. The van der Waals surface area contributed by atoms with Gasteiger partial charge in [0.2, 0.25) is 11.7 Å². The molecule has 1 heterocycles. The first-order valence-corrected chi connectivity index (χ1v) is 6.60. The monoisotopic (exact) mass is 255 g/mol. The zero-order chi connectivity index (χ0) is 13.8. The number of rotatable bonds is 6. The highest BCUT2D eigenvalue weighted by Crippen LogP contribution is 2.30. The van der Waals surface area contributed by atoms with Gasteiger partial charge in [-0.15, -0.1) is 0 Å². The summed E-state index contributed by atoms with van der Waals surface area (Å²) in [5.41, 5.74) is 5.99. The average molecular weight is 255 g/mol. The minimum absolute atomic E-state index is 0.0929. The lowest BCUT2D eigenvalue weighted by Gasteiger charge is -2.23. The second-order valence-corrected chi connectivity index (χ2v) is 5.57. The molecule has 0 spiro atoms. The first kappa shape index (κ1) is 15.1. The van der Waals surface area contributed by atoms with E-state index in [1.54, 1.807) is 0 Å². The van der Waals surface area contributed by atoms with E-state index in [2.05, 4.69) is 17.1 Å². The molecule has 2 N–H and O–H groups in total. The molecule has 0 saturated carbocycles. The topological polar surface area (TPSA) is 74.2 Å². The molecule has 0 aliphatic rings. The van der Waals surface area contributed by atoms with Crippen molar-refractivity contribution in [3.63, 3.8) is 0 Å². The van der Waals surface area contributed by atoms with E-state index < -0.39 is 0 Å². The van der Waals surface area contributed by atoms with Gasteiger partial charge in [-0.1, -0.05) is 39.3 Å². The van der Waals surface area contributed by atoms with Gasteiger partial charge in [-0.25, -0.2) is 0 Å². The van der Waals surface area contributed by atoms with E-state index in [0.29, 0.717) is 18.3 Å². The van der Waals surface area contributed by atoms with E-state index in [1.807, 2.05) is 27.7 Å². The van der Waals surface area contributed by atoms with Crippen molar-refractivity contribution in [2.24, 2.45) is 11.1 Å². The maximum Gasteiger partial charge on any atom is 0.244 e. The summed E-state index contributed by atoms with van der Waals surface area (Å²) in [5, 5.41) is 4.00. The fourth-order valence-electron chi connectivity index (χ4n) is 1.63. The molecule has 5 nitrogen and oxygen atoms in total. The fraction of sp³-hybridized carbons (Fsp3) is 0.846. The van der Waals surface area contributed by atoms with Crippen LogP contribution in [0.2, 0.25) is 0 Å². The van der Waals surface area contributed by atoms with Gasteiger partial charge in [0.1, 0.15) is 6.10 Å². The van der Waals surface area contributed by atoms with Crippen LogP contribution in [0.25, 0.3) is 0 Å². The number of hydrogen-bond donors (Lipinski definition) is 1. The van der Waals surface area contributed by atoms with Gasteiger partial charge in [0.15, 0.2) is 0 Å². The second kappa shape index (κ2) is 6.29. The standard InChI is InChI=1S/C13H25N3O2/c1-6-8-9(17-7-2)11-15-12(18-16-11)10(14)13(3,4)5/h9-10H,6-8,14H2,1-5H3. The predicted molar refractivity (Wildman–Crippen MR) is 70.0 cm³/mol. The van der Waals surface area contributed by atoms with Crippen molar-refractivity contribution >= 4 is 0 Å². The first-order chi connectivity index (χ1) is 8.40. The van der Waals surface area contributed by atoms with Crippen LogP contribution in [-0.4, -0.2) is 16.7 Å². The highest BCUT2D eigenvalue weighted by atomic mass is 16.5. The predicted octanol–water partition coefficient (Wildman–Crippen LogP) is 2.99. The Morgan fingerprint density at radius 3 is 2.50 bits per heavy atom. The van der Waals surface area contributed by atoms with Gasteiger partial charge in [-0.05, 0) is 18.8 Å². The molecule has 0 amide bonds. The number of nitrogens with zero attached hydrogens (tertiary/aromatic N) is 2. The quantitative estimate of drug-likeness (QED) is 0.845. The fourth-order valence-corrected chi connectivity index (χ4v) is 1.63. The molecule has 0 saturated heterocycles. The summed E-state index contributed by atoms with van der Waals surface area (Å²) in [7, 11) is 0. The zero-order valence-electron chi connectivity index (χ0n) is 12.1. The molecule has 0 aliphatic carbocycles. The Bertz CT molecular complexity index is 351. The van der Waals surface area contributed by atoms with E-state index in [-0.39, 0.29) is 17.6 Å². The van der Waals surface area contributed by atoms with Gasteiger partial charge in [0.25, 0.3) is 0 Å².